The zero-order valence-electron chi connectivity index (χ0n) is 10.2. The molecular weight excluding hydrogens is 325 g/mol. The number of rotatable bonds is 4. The number of hydrogen-bond acceptors (Lipinski definition) is 3. The van der Waals surface area contributed by atoms with Gasteiger partial charge >= 0.3 is 0 Å². The molecule has 4 heteroatoms. The van der Waals surface area contributed by atoms with E-state index in [1.807, 2.05) is 0 Å². The van der Waals surface area contributed by atoms with Crippen molar-refractivity contribution in [2.24, 2.45) is 0 Å². The lowest BCUT2D eigenvalue weighted by Crippen LogP contribution is -2.16. The molecule has 0 saturated heterocycles. The highest BCUT2D eigenvalue weighted by atomic mass is 127. The van der Waals surface area contributed by atoms with Crippen LogP contribution >= 0.6 is 22.6 Å². The van der Waals surface area contributed by atoms with Gasteiger partial charge < -0.3 is 5.32 Å². The highest BCUT2D eigenvalue weighted by Crippen LogP contribution is 2.44. The van der Waals surface area contributed by atoms with Gasteiger partial charge in [-0.2, -0.15) is 0 Å². The van der Waals surface area contributed by atoms with Crippen molar-refractivity contribution < 1.29 is 0 Å². The fourth-order valence-electron chi connectivity index (χ4n) is 2.24. The van der Waals surface area contributed by atoms with E-state index < -0.39 is 0 Å². The van der Waals surface area contributed by atoms with Gasteiger partial charge in [0.1, 0.15) is 11.6 Å². The van der Waals surface area contributed by atoms with Crippen LogP contribution in [0.2, 0.25) is 0 Å². The van der Waals surface area contributed by atoms with Gasteiger partial charge in [-0.25, -0.2) is 9.97 Å². The third-order valence-corrected chi connectivity index (χ3v) is 4.74. The molecule has 0 atom stereocenters. The van der Waals surface area contributed by atoms with Crippen LogP contribution in [-0.2, 0) is 0 Å². The highest BCUT2D eigenvalue weighted by Gasteiger charge is 2.31. The molecule has 3 rings (SSSR count). The summed E-state index contributed by atoms with van der Waals surface area (Å²) in [5, 5.41) is 3.38. The summed E-state index contributed by atoms with van der Waals surface area (Å²) >= 11 is 2.40. The molecular formula is C13H18IN3. The average Bonchev–Trinajstić information content (AvgIpc) is 3.04. The van der Waals surface area contributed by atoms with Crippen LogP contribution < -0.4 is 5.32 Å². The number of aromatic nitrogens is 2. The average molecular weight is 343 g/mol. The van der Waals surface area contributed by atoms with E-state index in [0.29, 0.717) is 11.8 Å². The van der Waals surface area contributed by atoms with Gasteiger partial charge in [-0.1, -0.05) is 6.42 Å². The van der Waals surface area contributed by atoms with E-state index in [4.69, 9.17) is 9.97 Å². The van der Waals surface area contributed by atoms with Gasteiger partial charge in [-0.15, -0.1) is 0 Å². The van der Waals surface area contributed by atoms with Crippen molar-refractivity contribution in [1.29, 1.82) is 0 Å². The summed E-state index contributed by atoms with van der Waals surface area (Å²) in [5.41, 5.74) is 1.30. The van der Waals surface area contributed by atoms with Gasteiger partial charge in [-0.05, 0) is 55.2 Å². The van der Waals surface area contributed by atoms with Crippen LogP contribution in [0.4, 0.5) is 5.82 Å². The minimum Gasteiger partial charge on any atom is -0.369 e. The van der Waals surface area contributed by atoms with E-state index in [2.05, 4.69) is 34.8 Å². The summed E-state index contributed by atoms with van der Waals surface area (Å²) in [7, 11) is 0. The Morgan fingerprint density at radius 3 is 2.47 bits per heavy atom. The summed E-state index contributed by atoms with van der Waals surface area (Å²) in [5.74, 6) is 3.49. The van der Waals surface area contributed by atoms with Crippen molar-refractivity contribution in [1.82, 2.24) is 9.97 Å². The number of halogens is 1. The van der Waals surface area contributed by atoms with E-state index in [9.17, 15) is 0 Å². The molecule has 0 aromatic carbocycles. The van der Waals surface area contributed by atoms with E-state index in [1.165, 1.54) is 41.4 Å². The standard InChI is InChI=1S/C13H18IN3/c1-2-15-13-10(14)11(8-6-7-8)16-12(17-13)9-4-3-5-9/h8-9H,2-7H2,1H3,(H,15,16,17). The Morgan fingerprint density at radius 2 is 1.94 bits per heavy atom. The molecule has 0 amide bonds. The van der Waals surface area contributed by atoms with Crippen LogP contribution in [0.1, 0.15) is 62.4 Å². The zero-order valence-corrected chi connectivity index (χ0v) is 12.3. The van der Waals surface area contributed by atoms with Gasteiger partial charge in [0, 0.05) is 18.4 Å². The van der Waals surface area contributed by atoms with Crippen LogP contribution in [-0.4, -0.2) is 16.5 Å². The molecule has 0 radical (unpaired) electrons. The smallest absolute Gasteiger partial charge is 0.143 e. The highest BCUT2D eigenvalue weighted by molar-refractivity contribution is 14.1. The molecule has 1 heterocycles. The first-order chi connectivity index (χ1) is 8.29. The number of anilines is 1. The third-order valence-electron chi connectivity index (χ3n) is 3.67. The molecule has 0 bridgehead atoms. The van der Waals surface area contributed by atoms with Gasteiger partial charge in [0.25, 0.3) is 0 Å². The molecule has 92 valence electrons. The van der Waals surface area contributed by atoms with Gasteiger partial charge in [-0.3, -0.25) is 0 Å². The van der Waals surface area contributed by atoms with Crippen molar-refractivity contribution in [3.63, 3.8) is 0 Å². The van der Waals surface area contributed by atoms with Crippen LogP contribution in [0.15, 0.2) is 0 Å². The molecule has 0 unspecified atom stereocenters. The quantitative estimate of drug-likeness (QED) is 0.848. The van der Waals surface area contributed by atoms with E-state index in [0.717, 1.165) is 18.2 Å². The van der Waals surface area contributed by atoms with Crippen molar-refractivity contribution >= 4 is 28.4 Å². The maximum atomic E-state index is 4.84. The molecule has 2 saturated carbocycles. The second-order valence-electron chi connectivity index (χ2n) is 5.06. The molecule has 17 heavy (non-hydrogen) atoms. The topological polar surface area (TPSA) is 37.8 Å². The fraction of sp³-hybridized carbons (Fsp3) is 0.692. The van der Waals surface area contributed by atoms with Crippen molar-refractivity contribution in [3.8, 4) is 0 Å². The Morgan fingerprint density at radius 1 is 1.18 bits per heavy atom. The number of hydrogen-bond donors (Lipinski definition) is 1. The monoisotopic (exact) mass is 343 g/mol. The van der Waals surface area contributed by atoms with Gasteiger partial charge in [0.05, 0.1) is 9.26 Å². The summed E-state index contributed by atoms with van der Waals surface area (Å²) in [6.45, 7) is 3.05. The summed E-state index contributed by atoms with van der Waals surface area (Å²) < 4.78 is 1.25. The van der Waals surface area contributed by atoms with E-state index >= 15 is 0 Å². The number of nitrogens with one attached hydrogen (secondary N) is 1. The molecule has 3 nitrogen and oxygen atoms in total. The molecule has 0 spiro atoms. The lowest BCUT2D eigenvalue weighted by molar-refractivity contribution is 0.400. The molecule has 1 aromatic heterocycles. The lowest BCUT2D eigenvalue weighted by Gasteiger charge is -2.25. The Bertz CT molecular complexity index is 425. The summed E-state index contributed by atoms with van der Waals surface area (Å²) in [6, 6.07) is 0. The normalized spacial score (nSPS) is 20.1. The van der Waals surface area contributed by atoms with Crippen LogP contribution in [0, 0.1) is 3.57 Å². The predicted molar refractivity (Wildman–Crippen MR) is 77.5 cm³/mol. The second-order valence-corrected chi connectivity index (χ2v) is 6.14. The Balaban J connectivity index is 1.97. The molecule has 0 aliphatic heterocycles. The minimum absolute atomic E-state index is 0.627. The maximum Gasteiger partial charge on any atom is 0.143 e. The molecule has 1 N–H and O–H groups in total. The molecule has 2 aliphatic carbocycles. The van der Waals surface area contributed by atoms with E-state index in [-0.39, 0.29) is 0 Å². The first kappa shape index (κ1) is 11.7. The van der Waals surface area contributed by atoms with Gasteiger partial charge in [0.15, 0.2) is 0 Å². The van der Waals surface area contributed by atoms with Crippen LogP contribution in [0.3, 0.4) is 0 Å². The van der Waals surface area contributed by atoms with Crippen LogP contribution in [0.25, 0.3) is 0 Å². The largest absolute Gasteiger partial charge is 0.369 e. The first-order valence-corrected chi connectivity index (χ1v) is 7.68. The zero-order chi connectivity index (χ0) is 11.8. The Labute approximate surface area is 116 Å². The Hall–Kier alpha value is -0.390. The molecule has 2 fully saturated rings. The first-order valence-electron chi connectivity index (χ1n) is 6.60. The SMILES string of the molecule is CCNc1nc(C2CCC2)nc(C2CC2)c1I. The fourth-order valence-corrected chi connectivity index (χ4v) is 3.12. The minimum atomic E-state index is 0.627. The van der Waals surface area contributed by atoms with Gasteiger partial charge in [0.2, 0.25) is 0 Å². The summed E-state index contributed by atoms with van der Waals surface area (Å²) in [6.07, 6.45) is 6.51. The third kappa shape index (κ3) is 2.28. The predicted octanol–water partition coefficient (Wildman–Crippen LogP) is 3.66. The van der Waals surface area contributed by atoms with E-state index in [1.54, 1.807) is 0 Å². The molecule has 1 aromatic rings. The second kappa shape index (κ2) is 4.71. The number of nitrogens with zero attached hydrogens (tertiary/aromatic N) is 2. The maximum absolute atomic E-state index is 4.84. The van der Waals surface area contributed by atoms with Crippen molar-refractivity contribution in [2.45, 2.75) is 50.9 Å². The van der Waals surface area contributed by atoms with Crippen LogP contribution in [0.5, 0.6) is 0 Å². The van der Waals surface area contributed by atoms with Crippen molar-refractivity contribution in [2.75, 3.05) is 11.9 Å². The lowest BCUT2D eigenvalue weighted by atomic mass is 9.85. The Kier molecular flexibility index (Phi) is 3.23. The molecule has 2 aliphatic rings. The van der Waals surface area contributed by atoms with Crippen molar-refractivity contribution in [3.05, 3.63) is 15.1 Å². The summed E-state index contributed by atoms with van der Waals surface area (Å²) in [4.78, 5) is 9.57.